The van der Waals surface area contributed by atoms with Gasteiger partial charge in [0.1, 0.15) is 0 Å². The van der Waals surface area contributed by atoms with Crippen molar-refractivity contribution >= 4 is 5.97 Å². The Hall–Kier alpha value is -0.790. The first-order valence-electron chi connectivity index (χ1n) is 4.54. The number of carbonyl (C=O) groups is 1. The van der Waals surface area contributed by atoms with Crippen molar-refractivity contribution in [2.75, 3.05) is 0 Å². The molecule has 0 bridgehead atoms. The molecule has 12 heavy (non-hydrogen) atoms. The lowest BCUT2D eigenvalue weighted by atomic mass is 9.70. The molecule has 2 unspecified atom stereocenters. The van der Waals surface area contributed by atoms with Crippen LogP contribution in [-0.2, 0) is 4.79 Å². The first kappa shape index (κ1) is 9.30. The monoisotopic (exact) mass is 168 g/mol. The minimum atomic E-state index is -0.629. The number of hydrogen-bond donors (Lipinski definition) is 1. The maximum atomic E-state index is 10.6. The van der Waals surface area contributed by atoms with E-state index >= 15 is 0 Å². The minimum Gasteiger partial charge on any atom is -0.481 e. The standard InChI is InChI=1S/C10H16O2/c1-3-7(2)6-8-4-5-9(8)10(11)12/h8-9H,2-6H2,1H3,(H,11,12). The van der Waals surface area contributed by atoms with Crippen molar-refractivity contribution < 1.29 is 9.90 Å². The van der Waals surface area contributed by atoms with E-state index in [1.807, 2.05) is 0 Å². The molecule has 0 spiro atoms. The zero-order valence-corrected chi connectivity index (χ0v) is 7.55. The van der Waals surface area contributed by atoms with Gasteiger partial charge in [0.15, 0.2) is 0 Å². The Morgan fingerprint density at radius 2 is 2.25 bits per heavy atom. The molecule has 0 aromatic rings. The molecular weight excluding hydrogens is 152 g/mol. The first-order valence-corrected chi connectivity index (χ1v) is 4.54. The quantitative estimate of drug-likeness (QED) is 0.655. The highest BCUT2D eigenvalue weighted by Crippen LogP contribution is 2.38. The molecule has 0 heterocycles. The van der Waals surface area contributed by atoms with E-state index in [-0.39, 0.29) is 5.92 Å². The van der Waals surface area contributed by atoms with Gasteiger partial charge in [0.25, 0.3) is 0 Å². The highest BCUT2D eigenvalue weighted by atomic mass is 16.4. The first-order chi connectivity index (χ1) is 5.65. The van der Waals surface area contributed by atoms with Crippen LogP contribution in [0, 0.1) is 11.8 Å². The number of carboxylic acids is 1. The van der Waals surface area contributed by atoms with Crippen LogP contribution in [0.15, 0.2) is 12.2 Å². The second-order valence-electron chi connectivity index (χ2n) is 3.59. The van der Waals surface area contributed by atoms with Crippen LogP contribution >= 0.6 is 0 Å². The third kappa shape index (κ3) is 1.87. The number of aliphatic carboxylic acids is 1. The Bertz CT molecular complexity index is 196. The SMILES string of the molecule is C=C(CC)CC1CCC1C(=O)O. The molecule has 1 N–H and O–H groups in total. The molecule has 0 saturated heterocycles. The average molecular weight is 168 g/mol. The summed E-state index contributed by atoms with van der Waals surface area (Å²) < 4.78 is 0. The normalized spacial score (nSPS) is 27.8. The Morgan fingerprint density at radius 1 is 1.58 bits per heavy atom. The summed E-state index contributed by atoms with van der Waals surface area (Å²) >= 11 is 0. The molecule has 0 aromatic carbocycles. The van der Waals surface area contributed by atoms with E-state index in [0.717, 1.165) is 25.7 Å². The van der Waals surface area contributed by atoms with Crippen LogP contribution in [0.1, 0.15) is 32.6 Å². The molecule has 1 aliphatic rings. The van der Waals surface area contributed by atoms with Crippen molar-refractivity contribution in [3.05, 3.63) is 12.2 Å². The minimum absolute atomic E-state index is 0.0895. The molecule has 2 heteroatoms. The molecule has 68 valence electrons. The molecule has 2 nitrogen and oxygen atoms in total. The molecule has 0 radical (unpaired) electrons. The van der Waals surface area contributed by atoms with Gasteiger partial charge in [-0.05, 0) is 31.6 Å². The summed E-state index contributed by atoms with van der Waals surface area (Å²) in [6.07, 6.45) is 3.81. The van der Waals surface area contributed by atoms with Gasteiger partial charge in [0.2, 0.25) is 0 Å². The molecule has 0 amide bonds. The van der Waals surface area contributed by atoms with Crippen LogP contribution in [0.4, 0.5) is 0 Å². The van der Waals surface area contributed by atoms with Crippen LogP contribution < -0.4 is 0 Å². The highest BCUT2D eigenvalue weighted by molar-refractivity contribution is 5.71. The lowest BCUT2D eigenvalue weighted by molar-refractivity contribution is -0.147. The summed E-state index contributed by atoms with van der Waals surface area (Å²) in [4.78, 5) is 10.6. The van der Waals surface area contributed by atoms with Crippen LogP contribution in [0.5, 0.6) is 0 Å². The van der Waals surface area contributed by atoms with Crippen molar-refractivity contribution in [3.63, 3.8) is 0 Å². The van der Waals surface area contributed by atoms with Gasteiger partial charge in [0, 0.05) is 0 Å². The lowest BCUT2D eigenvalue weighted by Gasteiger charge is -2.33. The summed E-state index contributed by atoms with van der Waals surface area (Å²) in [7, 11) is 0. The zero-order valence-electron chi connectivity index (χ0n) is 7.55. The number of rotatable bonds is 4. The van der Waals surface area contributed by atoms with Crippen molar-refractivity contribution in [3.8, 4) is 0 Å². The molecule has 2 atom stereocenters. The second kappa shape index (κ2) is 3.74. The van der Waals surface area contributed by atoms with Crippen LogP contribution in [0.3, 0.4) is 0 Å². The topological polar surface area (TPSA) is 37.3 Å². The highest BCUT2D eigenvalue weighted by Gasteiger charge is 2.36. The van der Waals surface area contributed by atoms with Gasteiger partial charge in [-0.15, -0.1) is 0 Å². The van der Waals surface area contributed by atoms with E-state index in [4.69, 9.17) is 5.11 Å². The van der Waals surface area contributed by atoms with E-state index in [2.05, 4.69) is 13.5 Å². The summed E-state index contributed by atoms with van der Waals surface area (Å²) in [5.74, 6) is -0.349. The average Bonchev–Trinajstić information content (AvgIpc) is 1.96. The van der Waals surface area contributed by atoms with E-state index < -0.39 is 5.97 Å². The lowest BCUT2D eigenvalue weighted by Crippen LogP contribution is -2.32. The fourth-order valence-electron chi connectivity index (χ4n) is 1.65. The van der Waals surface area contributed by atoms with Gasteiger partial charge in [0.05, 0.1) is 5.92 Å². The van der Waals surface area contributed by atoms with Gasteiger partial charge < -0.3 is 5.11 Å². The van der Waals surface area contributed by atoms with Crippen LogP contribution in [0.25, 0.3) is 0 Å². The van der Waals surface area contributed by atoms with E-state index in [1.54, 1.807) is 0 Å². The van der Waals surface area contributed by atoms with Crippen LogP contribution in [-0.4, -0.2) is 11.1 Å². The van der Waals surface area contributed by atoms with Gasteiger partial charge in [-0.2, -0.15) is 0 Å². The maximum Gasteiger partial charge on any atom is 0.306 e. The number of allylic oxidation sites excluding steroid dienone is 1. The van der Waals surface area contributed by atoms with Gasteiger partial charge >= 0.3 is 5.97 Å². The fraction of sp³-hybridized carbons (Fsp3) is 0.700. The summed E-state index contributed by atoms with van der Waals surface area (Å²) in [5, 5.41) is 8.76. The molecular formula is C10H16O2. The van der Waals surface area contributed by atoms with Crippen molar-refractivity contribution in [1.82, 2.24) is 0 Å². The Balaban J connectivity index is 2.34. The van der Waals surface area contributed by atoms with E-state index in [0.29, 0.717) is 5.92 Å². The Labute approximate surface area is 73.3 Å². The number of hydrogen-bond acceptors (Lipinski definition) is 1. The van der Waals surface area contributed by atoms with Gasteiger partial charge in [-0.3, -0.25) is 4.79 Å². The van der Waals surface area contributed by atoms with Crippen molar-refractivity contribution in [2.45, 2.75) is 32.6 Å². The van der Waals surface area contributed by atoms with Gasteiger partial charge in [-0.1, -0.05) is 19.1 Å². The molecule has 1 saturated carbocycles. The Kier molecular flexibility index (Phi) is 2.90. The summed E-state index contributed by atoms with van der Waals surface area (Å²) in [5.41, 5.74) is 1.19. The predicted molar refractivity (Wildman–Crippen MR) is 47.9 cm³/mol. The zero-order chi connectivity index (χ0) is 9.14. The number of carboxylic acid groups (broad SMARTS) is 1. The van der Waals surface area contributed by atoms with Crippen molar-refractivity contribution in [1.29, 1.82) is 0 Å². The van der Waals surface area contributed by atoms with Crippen LogP contribution in [0.2, 0.25) is 0 Å². The molecule has 1 fully saturated rings. The van der Waals surface area contributed by atoms with Gasteiger partial charge in [-0.25, -0.2) is 0 Å². The molecule has 1 rings (SSSR count). The summed E-state index contributed by atoms with van der Waals surface area (Å²) in [6, 6.07) is 0. The second-order valence-corrected chi connectivity index (χ2v) is 3.59. The fourth-order valence-corrected chi connectivity index (χ4v) is 1.65. The maximum absolute atomic E-state index is 10.6. The molecule has 1 aliphatic carbocycles. The Morgan fingerprint density at radius 3 is 2.58 bits per heavy atom. The predicted octanol–water partition coefficient (Wildman–Crippen LogP) is 2.45. The third-order valence-corrected chi connectivity index (χ3v) is 2.79. The molecule has 0 aromatic heterocycles. The summed E-state index contributed by atoms with van der Waals surface area (Å²) in [6.45, 7) is 5.96. The van der Waals surface area contributed by atoms with E-state index in [1.165, 1.54) is 5.57 Å². The van der Waals surface area contributed by atoms with Crippen molar-refractivity contribution in [2.24, 2.45) is 11.8 Å². The molecule has 0 aliphatic heterocycles. The largest absolute Gasteiger partial charge is 0.481 e. The van der Waals surface area contributed by atoms with E-state index in [9.17, 15) is 4.79 Å². The third-order valence-electron chi connectivity index (χ3n) is 2.79. The smallest absolute Gasteiger partial charge is 0.306 e.